The van der Waals surface area contributed by atoms with Crippen LogP contribution in [0.3, 0.4) is 0 Å². The van der Waals surface area contributed by atoms with Crippen LogP contribution in [0, 0.1) is 0 Å². The number of nitrogens with zero attached hydrogens (tertiary/aromatic N) is 3. The van der Waals surface area contributed by atoms with Crippen LogP contribution in [-0.2, 0) is 11.3 Å². The number of aromatic nitrogens is 2. The molecular weight excluding hydrogens is 294 g/mol. The zero-order valence-electron chi connectivity index (χ0n) is 11.5. The van der Waals surface area contributed by atoms with Crippen LogP contribution in [-0.4, -0.2) is 21.8 Å². The average molecular weight is 306 g/mol. The molecule has 0 unspecified atom stereocenters. The first-order chi connectivity index (χ1) is 9.99. The van der Waals surface area contributed by atoms with Gasteiger partial charge in [0, 0.05) is 5.92 Å². The van der Waals surface area contributed by atoms with E-state index >= 15 is 0 Å². The summed E-state index contributed by atoms with van der Waals surface area (Å²) in [5.41, 5.74) is 0.703. The van der Waals surface area contributed by atoms with Gasteiger partial charge < -0.3 is 4.52 Å². The van der Waals surface area contributed by atoms with E-state index in [1.807, 2.05) is 13.8 Å². The maximum Gasteiger partial charge on any atom is 0.300 e. The first-order valence-corrected chi connectivity index (χ1v) is 6.84. The quantitative estimate of drug-likeness (QED) is 0.815. The van der Waals surface area contributed by atoms with Crippen molar-refractivity contribution in [2.45, 2.75) is 26.3 Å². The number of benzene rings is 1. The smallest absolute Gasteiger partial charge is 0.300 e. The number of fused-ring (bicyclic) bond motifs is 1. The van der Waals surface area contributed by atoms with E-state index < -0.39 is 11.7 Å². The van der Waals surface area contributed by atoms with Crippen LogP contribution in [0.4, 0.5) is 5.69 Å². The highest BCUT2D eigenvalue weighted by molar-refractivity contribution is 6.54. The van der Waals surface area contributed by atoms with Gasteiger partial charge >= 0.3 is 0 Å². The SMILES string of the molecule is CC(C)c1noc(CN2C(=O)C(=O)c3cccc(Cl)c32)n1. The molecule has 1 amide bonds. The molecule has 3 rings (SSSR count). The molecule has 0 spiro atoms. The fourth-order valence-electron chi connectivity index (χ4n) is 2.17. The van der Waals surface area contributed by atoms with Gasteiger partial charge in [-0.25, -0.2) is 0 Å². The van der Waals surface area contributed by atoms with Crippen LogP contribution in [0.15, 0.2) is 22.7 Å². The minimum absolute atomic E-state index is 0.0288. The number of hydrogen-bond acceptors (Lipinski definition) is 5. The Labute approximate surface area is 125 Å². The van der Waals surface area contributed by atoms with Crippen molar-refractivity contribution in [3.63, 3.8) is 0 Å². The summed E-state index contributed by atoms with van der Waals surface area (Å²) in [4.78, 5) is 29.5. The first-order valence-electron chi connectivity index (χ1n) is 6.46. The molecule has 0 fully saturated rings. The van der Waals surface area contributed by atoms with Crippen LogP contribution in [0.25, 0.3) is 0 Å². The van der Waals surface area contributed by atoms with E-state index in [-0.39, 0.29) is 18.4 Å². The Bertz CT molecular complexity index is 739. The number of amides is 1. The van der Waals surface area contributed by atoms with Gasteiger partial charge in [0.2, 0.25) is 5.89 Å². The molecule has 0 aliphatic carbocycles. The van der Waals surface area contributed by atoms with Gasteiger partial charge in [-0.2, -0.15) is 4.98 Å². The van der Waals surface area contributed by atoms with Crippen molar-refractivity contribution in [2.75, 3.05) is 4.90 Å². The number of para-hydroxylation sites is 1. The van der Waals surface area contributed by atoms with Crippen molar-refractivity contribution >= 4 is 29.0 Å². The highest BCUT2D eigenvalue weighted by Gasteiger charge is 2.38. The fraction of sp³-hybridized carbons (Fsp3) is 0.286. The molecule has 21 heavy (non-hydrogen) atoms. The van der Waals surface area contributed by atoms with Crippen molar-refractivity contribution in [1.82, 2.24) is 10.1 Å². The predicted octanol–water partition coefficient (Wildman–Crippen LogP) is 2.58. The first kappa shape index (κ1) is 13.8. The number of rotatable bonds is 3. The van der Waals surface area contributed by atoms with E-state index in [0.717, 1.165) is 0 Å². The van der Waals surface area contributed by atoms with Crippen molar-refractivity contribution in [3.05, 3.63) is 40.5 Å². The van der Waals surface area contributed by atoms with Crippen molar-refractivity contribution in [2.24, 2.45) is 0 Å². The monoisotopic (exact) mass is 305 g/mol. The molecule has 1 aromatic heterocycles. The number of anilines is 1. The van der Waals surface area contributed by atoms with E-state index in [4.69, 9.17) is 16.1 Å². The van der Waals surface area contributed by atoms with Crippen molar-refractivity contribution in [3.8, 4) is 0 Å². The third-order valence-electron chi connectivity index (χ3n) is 3.23. The molecule has 0 saturated carbocycles. The van der Waals surface area contributed by atoms with E-state index in [1.54, 1.807) is 18.2 Å². The summed E-state index contributed by atoms with van der Waals surface area (Å²) in [5, 5.41) is 4.18. The Morgan fingerprint density at radius 2 is 2.10 bits per heavy atom. The van der Waals surface area contributed by atoms with Gasteiger partial charge in [-0.3, -0.25) is 14.5 Å². The molecule has 2 aromatic rings. The van der Waals surface area contributed by atoms with Gasteiger partial charge in [-0.05, 0) is 12.1 Å². The van der Waals surface area contributed by atoms with E-state index in [9.17, 15) is 9.59 Å². The van der Waals surface area contributed by atoms with Gasteiger partial charge in [0.15, 0.2) is 5.82 Å². The lowest BCUT2D eigenvalue weighted by atomic mass is 10.1. The topological polar surface area (TPSA) is 76.3 Å². The van der Waals surface area contributed by atoms with Gasteiger partial charge in [-0.15, -0.1) is 0 Å². The molecule has 0 radical (unpaired) electrons. The van der Waals surface area contributed by atoms with Gasteiger partial charge in [-0.1, -0.05) is 36.7 Å². The lowest BCUT2D eigenvalue weighted by molar-refractivity contribution is -0.114. The standard InChI is InChI=1S/C14H12ClN3O3/c1-7(2)13-16-10(21-17-13)6-18-11-8(12(19)14(18)20)4-3-5-9(11)15/h3-5,7H,6H2,1-2H3. The number of carbonyl (C=O) groups is 2. The number of carbonyl (C=O) groups excluding carboxylic acids is 2. The van der Waals surface area contributed by atoms with Gasteiger partial charge in [0.1, 0.15) is 6.54 Å². The summed E-state index contributed by atoms with van der Waals surface area (Å²) in [6.45, 7) is 3.90. The summed E-state index contributed by atoms with van der Waals surface area (Å²) in [7, 11) is 0. The Hall–Kier alpha value is -2.21. The maximum atomic E-state index is 12.1. The molecule has 0 saturated heterocycles. The molecule has 1 aliphatic heterocycles. The van der Waals surface area contributed by atoms with Crippen LogP contribution < -0.4 is 4.90 Å². The maximum absolute atomic E-state index is 12.1. The minimum Gasteiger partial charge on any atom is -0.337 e. The molecule has 2 heterocycles. The third-order valence-corrected chi connectivity index (χ3v) is 3.54. The molecule has 1 aliphatic rings. The van der Waals surface area contributed by atoms with E-state index in [2.05, 4.69) is 10.1 Å². The highest BCUT2D eigenvalue weighted by atomic mass is 35.5. The van der Waals surface area contributed by atoms with Crippen molar-refractivity contribution < 1.29 is 14.1 Å². The van der Waals surface area contributed by atoms with Crippen LogP contribution in [0.2, 0.25) is 5.02 Å². The van der Waals surface area contributed by atoms with Gasteiger partial charge in [0.25, 0.3) is 11.7 Å². The molecule has 6 nitrogen and oxygen atoms in total. The molecule has 0 N–H and O–H groups in total. The Balaban J connectivity index is 1.96. The highest BCUT2D eigenvalue weighted by Crippen LogP contribution is 2.36. The van der Waals surface area contributed by atoms with E-state index in [0.29, 0.717) is 22.1 Å². The third kappa shape index (κ3) is 2.21. The molecule has 7 heteroatoms. The molecule has 1 aromatic carbocycles. The summed E-state index contributed by atoms with van der Waals surface area (Å²) in [5.74, 6) is -0.261. The summed E-state index contributed by atoms with van der Waals surface area (Å²) < 4.78 is 5.12. The Morgan fingerprint density at radius 1 is 1.33 bits per heavy atom. The lowest BCUT2D eigenvalue weighted by Crippen LogP contribution is -2.29. The summed E-state index contributed by atoms with van der Waals surface area (Å²) >= 11 is 6.10. The molecule has 0 bridgehead atoms. The summed E-state index contributed by atoms with van der Waals surface area (Å²) in [6, 6.07) is 4.85. The number of hydrogen-bond donors (Lipinski definition) is 0. The zero-order chi connectivity index (χ0) is 15.1. The largest absolute Gasteiger partial charge is 0.337 e. The van der Waals surface area contributed by atoms with E-state index in [1.165, 1.54) is 4.90 Å². The molecule has 0 atom stereocenters. The normalized spacial score (nSPS) is 14.2. The second-order valence-corrected chi connectivity index (χ2v) is 5.46. The fourth-order valence-corrected chi connectivity index (χ4v) is 2.44. The van der Waals surface area contributed by atoms with Crippen molar-refractivity contribution in [1.29, 1.82) is 0 Å². The summed E-state index contributed by atoms with van der Waals surface area (Å²) in [6.07, 6.45) is 0. The minimum atomic E-state index is -0.637. The molecule has 108 valence electrons. The Kier molecular flexibility index (Phi) is 3.25. The van der Waals surface area contributed by atoms with Crippen LogP contribution in [0.5, 0.6) is 0 Å². The van der Waals surface area contributed by atoms with Crippen LogP contribution in [0.1, 0.15) is 41.8 Å². The number of ketones is 1. The Morgan fingerprint density at radius 3 is 2.76 bits per heavy atom. The van der Waals surface area contributed by atoms with Crippen LogP contribution >= 0.6 is 11.6 Å². The average Bonchev–Trinajstić information content (AvgIpc) is 3.00. The number of halogens is 1. The lowest BCUT2D eigenvalue weighted by Gasteiger charge is -2.14. The second-order valence-electron chi connectivity index (χ2n) is 5.06. The molecular formula is C14H12ClN3O3. The zero-order valence-corrected chi connectivity index (χ0v) is 12.2. The number of Topliss-reactive ketones (excluding diaryl/α,β-unsaturated/α-hetero) is 1. The second kappa shape index (κ2) is 4.96. The predicted molar refractivity (Wildman–Crippen MR) is 75.4 cm³/mol. The van der Waals surface area contributed by atoms with Gasteiger partial charge in [0.05, 0.1) is 16.3 Å².